The lowest BCUT2D eigenvalue weighted by molar-refractivity contribution is 0.478. The van der Waals surface area contributed by atoms with Crippen LogP contribution in [0.4, 0.5) is 0 Å². The molecule has 7 nitrogen and oxygen atoms in total. The van der Waals surface area contributed by atoms with Gasteiger partial charge in [0.25, 0.3) is 15.2 Å². The van der Waals surface area contributed by atoms with Gasteiger partial charge in [0.15, 0.2) is 5.03 Å². The van der Waals surface area contributed by atoms with E-state index in [9.17, 15) is 8.42 Å². The van der Waals surface area contributed by atoms with E-state index in [2.05, 4.69) is 14.7 Å². The number of benzene rings is 1. The summed E-state index contributed by atoms with van der Waals surface area (Å²) in [5, 5.41) is 2.40. The number of nitrogens with zero attached hydrogens (tertiary/aromatic N) is 3. The van der Waals surface area contributed by atoms with Crippen LogP contribution in [0.1, 0.15) is 5.56 Å². The fourth-order valence-corrected chi connectivity index (χ4v) is 3.32. The zero-order valence-corrected chi connectivity index (χ0v) is 13.8. The summed E-state index contributed by atoms with van der Waals surface area (Å²) in [6, 6.07) is 7.13. The lowest BCUT2D eigenvalue weighted by Gasteiger charge is -2.06. The Balaban J connectivity index is 1.62. The molecule has 120 valence electrons. The first-order chi connectivity index (χ1) is 11.0. The number of sulfonamides is 1. The Morgan fingerprint density at radius 3 is 2.65 bits per heavy atom. The molecule has 0 aliphatic heterocycles. The number of aryl methyl sites for hydroxylation is 1. The van der Waals surface area contributed by atoms with Crippen LogP contribution in [0, 0.1) is 0 Å². The maximum atomic E-state index is 12.1. The minimum Gasteiger partial charge on any atom is -0.431 e. The highest BCUT2D eigenvalue weighted by Crippen LogP contribution is 2.23. The van der Waals surface area contributed by atoms with Crippen molar-refractivity contribution in [3.63, 3.8) is 0 Å². The maximum Gasteiger partial charge on any atom is 0.278 e. The Labute approximate surface area is 137 Å². The number of nitrogens with one attached hydrogen (secondary N) is 1. The number of hydrogen-bond acceptors (Lipinski definition) is 6. The van der Waals surface area contributed by atoms with Crippen LogP contribution in [-0.4, -0.2) is 23.0 Å². The SMILES string of the molecule is Cn1cnc(S(=O)(=O)NCc2ccc(Oc3nccs3)cc2)c1. The molecule has 0 saturated heterocycles. The highest BCUT2D eigenvalue weighted by Gasteiger charge is 2.16. The van der Waals surface area contributed by atoms with E-state index in [0.717, 1.165) is 5.56 Å². The first-order valence-corrected chi connectivity index (χ1v) is 9.03. The predicted molar refractivity (Wildman–Crippen MR) is 85.9 cm³/mol. The van der Waals surface area contributed by atoms with Crippen LogP contribution in [0.25, 0.3) is 0 Å². The van der Waals surface area contributed by atoms with Crippen molar-refractivity contribution >= 4 is 21.4 Å². The van der Waals surface area contributed by atoms with Crippen LogP contribution < -0.4 is 9.46 Å². The van der Waals surface area contributed by atoms with Gasteiger partial charge in [-0.15, -0.1) is 0 Å². The van der Waals surface area contributed by atoms with Gasteiger partial charge in [0, 0.05) is 31.4 Å². The molecule has 1 N–H and O–H groups in total. The van der Waals surface area contributed by atoms with Gasteiger partial charge < -0.3 is 9.30 Å². The van der Waals surface area contributed by atoms with Crippen molar-refractivity contribution in [2.45, 2.75) is 11.6 Å². The summed E-state index contributed by atoms with van der Waals surface area (Å²) in [6.45, 7) is 0.177. The van der Waals surface area contributed by atoms with Crippen LogP contribution in [0.15, 0.2) is 53.4 Å². The van der Waals surface area contributed by atoms with Gasteiger partial charge in [-0.25, -0.2) is 23.1 Å². The van der Waals surface area contributed by atoms with E-state index in [0.29, 0.717) is 10.9 Å². The van der Waals surface area contributed by atoms with E-state index in [1.54, 1.807) is 42.1 Å². The zero-order chi connectivity index (χ0) is 16.3. The Hall–Kier alpha value is -2.23. The Kier molecular flexibility index (Phi) is 4.42. The lowest BCUT2D eigenvalue weighted by Crippen LogP contribution is -2.23. The molecule has 23 heavy (non-hydrogen) atoms. The molecule has 3 aromatic rings. The first-order valence-electron chi connectivity index (χ1n) is 6.67. The van der Waals surface area contributed by atoms with E-state index >= 15 is 0 Å². The number of ether oxygens (including phenoxy) is 1. The molecule has 0 atom stereocenters. The minimum absolute atomic E-state index is 0.00345. The lowest BCUT2D eigenvalue weighted by atomic mass is 10.2. The van der Waals surface area contributed by atoms with Crippen molar-refractivity contribution in [1.82, 2.24) is 19.3 Å². The van der Waals surface area contributed by atoms with Crippen LogP contribution in [0.3, 0.4) is 0 Å². The van der Waals surface area contributed by atoms with Gasteiger partial charge in [-0.1, -0.05) is 23.5 Å². The molecule has 0 fully saturated rings. The quantitative estimate of drug-likeness (QED) is 0.736. The normalized spacial score (nSPS) is 11.5. The summed E-state index contributed by atoms with van der Waals surface area (Å²) in [5.41, 5.74) is 0.816. The summed E-state index contributed by atoms with van der Waals surface area (Å²) in [5.74, 6) is 0.649. The summed E-state index contributed by atoms with van der Waals surface area (Å²) in [6.07, 6.45) is 4.56. The predicted octanol–water partition coefficient (Wildman–Crippen LogP) is 2.15. The Morgan fingerprint density at radius 2 is 2.04 bits per heavy atom. The standard InChI is InChI=1S/C14H14N4O3S2/c1-18-9-13(16-10-18)23(19,20)17-8-11-2-4-12(5-3-11)21-14-15-6-7-22-14/h2-7,9-10,17H,8H2,1H3. The molecule has 1 aromatic carbocycles. The number of hydrogen-bond donors (Lipinski definition) is 1. The molecule has 0 spiro atoms. The number of thiazole rings is 1. The van der Waals surface area contributed by atoms with Crippen molar-refractivity contribution in [3.05, 3.63) is 53.9 Å². The highest BCUT2D eigenvalue weighted by molar-refractivity contribution is 7.89. The molecule has 0 bridgehead atoms. The summed E-state index contributed by atoms with van der Waals surface area (Å²) in [7, 11) is -1.89. The highest BCUT2D eigenvalue weighted by atomic mass is 32.2. The monoisotopic (exact) mass is 350 g/mol. The Bertz CT molecular complexity index is 871. The Morgan fingerprint density at radius 1 is 1.26 bits per heavy atom. The first kappa shape index (κ1) is 15.7. The van der Waals surface area contributed by atoms with Crippen LogP contribution in [0.5, 0.6) is 10.9 Å². The second kappa shape index (κ2) is 6.49. The van der Waals surface area contributed by atoms with Crippen molar-refractivity contribution in [3.8, 4) is 10.9 Å². The maximum absolute atomic E-state index is 12.1. The summed E-state index contributed by atoms with van der Waals surface area (Å²) < 4.78 is 33.8. The second-order valence-electron chi connectivity index (χ2n) is 4.75. The number of aromatic nitrogens is 3. The van der Waals surface area contributed by atoms with Crippen molar-refractivity contribution in [2.24, 2.45) is 7.05 Å². The van der Waals surface area contributed by atoms with Crippen molar-refractivity contribution < 1.29 is 13.2 Å². The molecule has 0 unspecified atom stereocenters. The minimum atomic E-state index is -3.61. The van der Waals surface area contributed by atoms with Gasteiger partial charge in [-0.2, -0.15) is 0 Å². The van der Waals surface area contributed by atoms with E-state index in [1.807, 2.05) is 5.38 Å². The van der Waals surface area contributed by atoms with Crippen molar-refractivity contribution in [1.29, 1.82) is 0 Å². The van der Waals surface area contributed by atoms with E-state index < -0.39 is 10.0 Å². The molecule has 0 aliphatic carbocycles. The third kappa shape index (κ3) is 3.95. The van der Waals surface area contributed by atoms with Gasteiger partial charge in [-0.05, 0) is 17.7 Å². The topological polar surface area (TPSA) is 86.1 Å². The van der Waals surface area contributed by atoms with Gasteiger partial charge in [-0.3, -0.25) is 0 Å². The molecule has 3 rings (SSSR count). The van der Waals surface area contributed by atoms with Crippen LogP contribution >= 0.6 is 11.3 Å². The fraction of sp³-hybridized carbons (Fsp3) is 0.143. The average molecular weight is 350 g/mol. The molecular weight excluding hydrogens is 336 g/mol. The van der Waals surface area contributed by atoms with Gasteiger partial charge >= 0.3 is 0 Å². The van der Waals surface area contributed by atoms with E-state index in [4.69, 9.17) is 4.74 Å². The number of rotatable bonds is 6. The molecule has 0 radical (unpaired) electrons. The largest absolute Gasteiger partial charge is 0.431 e. The summed E-state index contributed by atoms with van der Waals surface area (Å²) >= 11 is 1.40. The molecule has 0 aliphatic rings. The van der Waals surface area contributed by atoms with Crippen LogP contribution in [0.2, 0.25) is 0 Å². The molecule has 9 heteroatoms. The molecule has 0 saturated carbocycles. The van der Waals surface area contributed by atoms with Gasteiger partial charge in [0.2, 0.25) is 0 Å². The second-order valence-corrected chi connectivity index (χ2v) is 7.32. The van der Waals surface area contributed by atoms with Crippen LogP contribution in [-0.2, 0) is 23.6 Å². The molecule has 0 amide bonds. The van der Waals surface area contributed by atoms with Crippen molar-refractivity contribution in [2.75, 3.05) is 0 Å². The number of imidazole rings is 1. The molecule has 2 heterocycles. The van der Waals surface area contributed by atoms with E-state index in [-0.39, 0.29) is 11.6 Å². The summed E-state index contributed by atoms with van der Waals surface area (Å²) in [4.78, 5) is 7.88. The molecule has 2 aromatic heterocycles. The third-order valence-corrected chi connectivity index (χ3v) is 4.90. The van der Waals surface area contributed by atoms with Gasteiger partial charge in [0.05, 0.1) is 6.33 Å². The third-order valence-electron chi connectivity index (χ3n) is 2.96. The molecular formula is C14H14N4O3S2. The van der Waals surface area contributed by atoms with E-state index in [1.165, 1.54) is 23.9 Å². The average Bonchev–Trinajstić information content (AvgIpc) is 3.18. The smallest absolute Gasteiger partial charge is 0.278 e. The zero-order valence-electron chi connectivity index (χ0n) is 12.2. The van der Waals surface area contributed by atoms with Gasteiger partial charge in [0.1, 0.15) is 5.75 Å². The fourth-order valence-electron chi connectivity index (χ4n) is 1.82.